The molecule has 3 heteroatoms. The largest absolute Gasteiger partial charge is 0.308 e. The molecule has 37 heavy (non-hydrogen) atoms. The third-order valence-corrected chi connectivity index (χ3v) is 9.07. The van der Waals surface area contributed by atoms with Crippen LogP contribution in [-0.4, -0.2) is 4.57 Å². The van der Waals surface area contributed by atoms with Crippen molar-refractivity contribution in [3.8, 4) is 5.69 Å². The summed E-state index contributed by atoms with van der Waals surface area (Å²) in [4.78, 5) is 0. The average molecular weight is 518 g/mol. The van der Waals surface area contributed by atoms with Gasteiger partial charge in [-0.25, -0.2) is 0 Å². The van der Waals surface area contributed by atoms with Gasteiger partial charge in [-0.1, -0.05) is 62.7 Å². The van der Waals surface area contributed by atoms with Crippen LogP contribution in [0.5, 0.6) is 0 Å². The lowest BCUT2D eigenvalue weighted by atomic mass is 9.86. The Labute approximate surface area is 225 Å². The van der Waals surface area contributed by atoms with Crippen molar-refractivity contribution in [3.63, 3.8) is 0 Å². The van der Waals surface area contributed by atoms with Crippen LogP contribution in [0.2, 0.25) is 5.02 Å². The summed E-state index contributed by atoms with van der Waals surface area (Å²) in [5, 5.41) is 8.44. The van der Waals surface area contributed by atoms with Crippen molar-refractivity contribution < 1.29 is 0 Å². The number of aryl methyl sites for hydroxylation is 2. The summed E-state index contributed by atoms with van der Waals surface area (Å²) >= 11 is 8.95. The van der Waals surface area contributed by atoms with E-state index in [1.54, 1.807) is 0 Å². The maximum absolute atomic E-state index is 7.07. The minimum absolute atomic E-state index is 0.0219. The van der Waals surface area contributed by atoms with E-state index in [9.17, 15) is 0 Å². The number of fused-ring (bicyclic) bond motifs is 7. The van der Waals surface area contributed by atoms with Gasteiger partial charge in [-0.3, -0.25) is 0 Å². The number of aromatic nitrogens is 1. The van der Waals surface area contributed by atoms with Gasteiger partial charge in [0.1, 0.15) is 0 Å². The molecule has 7 aromatic rings. The molecule has 1 nitrogen and oxygen atoms in total. The second-order valence-corrected chi connectivity index (χ2v) is 12.9. The molecule has 0 saturated heterocycles. The molecule has 0 radical (unpaired) electrons. The normalized spacial score (nSPS) is 12.6. The van der Waals surface area contributed by atoms with Crippen molar-refractivity contribution in [2.45, 2.75) is 40.0 Å². The highest BCUT2D eigenvalue weighted by molar-refractivity contribution is 7.25. The Morgan fingerprint density at radius 3 is 2.16 bits per heavy atom. The molecule has 0 spiro atoms. The lowest BCUT2D eigenvalue weighted by Crippen LogP contribution is -2.10. The molecular formula is C34H28ClNS. The molecule has 2 heterocycles. The van der Waals surface area contributed by atoms with Crippen LogP contribution >= 0.6 is 22.9 Å². The molecule has 7 rings (SSSR count). The van der Waals surface area contributed by atoms with Gasteiger partial charge in [-0.2, -0.15) is 0 Å². The molecule has 0 saturated carbocycles. The molecule has 0 N–H and O–H groups in total. The first-order valence-corrected chi connectivity index (χ1v) is 14.0. The summed E-state index contributed by atoms with van der Waals surface area (Å²) in [6, 6.07) is 29.5. The van der Waals surface area contributed by atoms with Crippen molar-refractivity contribution in [2.24, 2.45) is 0 Å². The van der Waals surface area contributed by atoms with Crippen molar-refractivity contribution in [1.82, 2.24) is 4.57 Å². The van der Waals surface area contributed by atoms with Gasteiger partial charge in [-0.15, -0.1) is 11.3 Å². The number of hydrogen-bond donors (Lipinski definition) is 0. The maximum atomic E-state index is 7.07. The fourth-order valence-electron chi connectivity index (χ4n) is 5.66. The van der Waals surface area contributed by atoms with Crippen molar-refractivity contribution >= 4 is 75.7 Å². The summed E-state index contributed by atoms with van der Waals surface area (Å²) < 4.78 is 5.03. The highest BCUT2D eigenvalue weighted by Crippen LogP contribution is 2.41. The van der Waals surface area contributed by atoms with Crippen molar-refractivity contribution in [2.75, 3.05) is 0 Å². The first-order chi connectivity index (χ1) is 17.7. The van der Waals surface area contributed by atoms with Gasteiger partial charge >= 0.3 is 0 Å². The van der Waals surface area contributed by atoms with E-state index in [1.165, 1.54) is 63.9 Å². The third kappa shape index (κ3) is 3.50. The minimum Gasteiger partial charge on any atom is -0.308 e. The van der Waals surface area contributed by atoms with Gasteiger partial charge in [-0.05, 0) is 95.3 Å². The molecule has 0 fully saturated rings. The molecule has 2 aromatic heterocycles. The van der Waals surface area contributed by atoms with E-state index in [1.807, 2.05) is 11.3 Å². The van der Waals surface area contributed by atoms with E-state index >= 15 is 0 Å². The van der Waals surface area contributed by atoms with Crippen LogP contribution in [0.15, 0.2) is 78.9 Å². The van der Waals surface area contributed by atoms with Crippen LogP contribution in [0.4, 0.5) is 0 Å². The van der Waals surface area contributed by atoms with Crippen LogP contribution in [0.1, 0.15) is 37.5 Å². The molecule has 0 atom stereocenters. The van der Waals surface area contributed by atoms with Crippen LogP contribution in [-0.2, 0) is 5.41 Å². The molecule has 5 aromatic carbocycles. The van der Waals surface area contributed by atoms with Crippen molar-refractivity contribution in [1.29, 1.82) is 0 Å². The van der Waals surface area contributed by atoms with Crippen LogP contribution in [0, 0.1) is 13.8 Å². The highest BCUT2D eigenvalue weighted by Gasteiger charge is 2.21. The smallest absolute Gasteiger partial charge is 0.0727 e. The molecule has 0 aliphatic carbocycles. The minimum atomic E-state index is 0.0219. The number of nitrogens with zero attached hydrogens (tertiary/aromatic N) is 1. The number of rotatable bonds is 1. The number of thiophene rings is 1. The zero-order chi connectivity index (χ0) is 25.6. The topological polar surface area (TPSA) is 4.93 Å². The monoisotopic (exact) mass is 517 g/mol. The van der Waals surface area contributed by atoms with Crippen LogP contribution in [0.25, 0.3) is 58.4 Å². The third-order valence-electron chi connectivity index (χ3n) is 7.67. The number of benzene rings is 5. The summed E-state index contributed by atoms with van der Waals surface area (Å²) in [5.74, 6) is 0. The molecule has 0 bridgehead atoms. The fraction of sp³-hybridized carbons (Fsp3) is 0.176. The first kappa shape index (κ1) is 22.8. The van der Waals surface area contributed by atoms with E-state index in [2.05, 4.69) is 118 Å². The van der Waals surface area contributed by atoms with E-state index in [0.717, 1.165) is 16.2 Å². The quantitative estimate of drug-likeness (QED) is 0.204. The molecule has 0 aliphatic heterocycles. The van der Waals surface area contributed by atoms with Gasteiger partial charge in [0.05, 0.1) is 16.1 Å². The fourth-order valence-corrected chi connectivity index (χ4v) is 7.20. The molecular weight excluding hydrogens is 490 g/mol. The summed E-state index contributed by atoms with van der Waals surface area (Å²) in [6.07, 6.45) is 0. The summed E-state index contributed by atoms with van der Waals surface area (Å²) in [6.45, 7) is 11.0. The van der Waals surface area contributed by atoms with Crippen LogP contribution in [0.3, 0.4) is 0 Å². The van der Waals surface area contributed by atoms with Gasteiger partial charge < -0.3 is 4.57 Å². The van der Waals surface area contributed by atoms with Gasteiger partial charge in [0.15, 0.2) is 0 Å². The zero-order valence-corrected chi connectivity index (χ0v) is 23.3. The van der Waals surface area contributed by atoms with E-state index in [0.29, 0.717) is 0 Å². The van der Waals surface area contributed by atoms with E-state index < -0.39 is 0 Å². The molecule has 0 amide bonds. The maximum Gasteiger partial charge on any atom is 0.0727 e. The Balaban J connectivity index is 1.53. The molecule has 0 unspecified atom stereocenters. The van der Waals surface area contributed by atoms with Gasteiger partial charge in [0, 0.05) is 36.6 Å². The Morgan fingerprint density at radius 2 is 1.38 bits per heavy atom. The summed E-state index contributed by atoms with van der Waals surface area (Å²) in [7, 11) is 0. The zero-order valence-electron chi connectivity index (χ0n) is 21.7. The highest BCUT2D eigenvalue weighted by atomic mass is 35.5. The second kappa shape index (κ2) is 7.84. The average Bonchev–Trinajstić information content (AvgIpc) is 3.35. The Hall–Kier alpha value is -3.33. The van der Waals surface area contributed by atoms with E-state index in [4.69, 9.17) is 11.6 Å². The Kier molecular flexibility index (Phi) is 4.84. The Morgan fingerprint density at radius 1 is 0.649 bits per heavy atom. The lowest BCUT2D eigenvalue weighted by Gasteiger charge is -2.20. The SMILES string of the molecule is Cc1ccc2c(c1)sc1cc3cc(-n4c5cc(C)ccc5c5cc(C(C)(C)C)cc(Cl)c54)ccc3cc12. The first-order valence-electron chi connectivity index (χ1n) is 12.8. The standard InChI is InChI=1S/C34H28ClNS/c1-19-6-10-25-28-17-23(34(3,4)5)18-29(35)33(28)36(30(25)12-19)24-9-8-21-15-27-26-11-7-20(2)13-31(26)37-32(27)16-22(21)14-24/h6-18H,1-5H3. The van der Waals surface area contributed by atoms with E-state index in [-0.39, 0.29) is 5.41 Å². The predicted molar refractivity (Wildman–Crippen MR) is 164 cm³/mol. The number of hydrogen-bond acceptors (Lipinski definition) is 1. The lowest BCUT2D eigenvalue weighted by molar-refractivity contribution is 0.591. The van der Waals surface area contributed by atoms with Gasteiger partial charge in [0.2, 0.25) is 0 Å². The molecule has 0 aliphatic rings. The van der Waals surface area contributed by atoms with Gasteiger partial charge in [0.25, 0.3) is 0 Å². The molecule has 182 valence electrons. The van der Waals surface area contributed by atoms with Crippen LogP contribution < -0.4 is 0 Å². The second-order valence-electron chi connectivity index (χ2n) is 11.4. The Bertz CT molecular complexity index is 2050. The van der Waals surface area contributed by atoms with Crippen molar-refractivity contribution in [3.05, 3.63) is 101 Å². The number of halogens is 1. The predicted octanol–water partition coefficient (Wildman–Crippen LogP) is 10.9. The summed E-state index contributed by atoms with van der Waals surface area (Å²) in [5.41, 5.74) is 7.23.